The summed E-state index contributed by atoms with van der Waals surface area (Å²) in [6, 6.07) is 0. The molecule has 0 N–H and O–H groups in total. The molecule has 4 saturated carbocycles. The highest BCUT2D eigenvalue weighted by Crippen LogP contribution is 2.64. The van der Waals surface area contributed by atoms with Crippen LogP contribution in [0.4, 0.5) is 0 Å². The molecule has 0 aromatic heterocycles. The molecular weight excluding hydrogens is 300 g/mol. The highest BCUT2D eigenvalue weighted by molar-refractivity contribution is 5.05. The molecule has 0 aromatic rings. The number of hydrogen-bond donors (Lipinski definition) is 0. The fourth-order valence-corrected chi connectivity index (χ4v) is 8.35. The second-order valence-electron chi connectivity index (χ2n) is 11.2. The number of hydrogen-bond acceptors (Lipinski definition) is 0. The summed E-state index contributed by atoms with van der Waals surface area (Å²) < 4.78 is 0. The predicted molar refractivity (Wildman–Crippen MR) is 109 cm³/mol. The maximum atomic E-state index is 2.74. The molecule has 0 aromatic carbocycles. The fourth-order valence-electron chi connectivity index (χ4n) is 8.35. The van der Waals surface area contributed by atoms with Crippen molar-refractivity contribution in [3.8, 4) is 0 Å². The van der Waals surface area contributed by atoms with Gasteiger partial charge in [0.25, 0.3) is 0 Å². The fraction of sp³-hybridized carbons (Fsp3) is 1.00. The Morgan fingerprint density at radius 3 is 2.48 bits per heavy atom. The van der Waals surface area contributed by atoms with Crippen molar-refractivity contribution in [2.24, 2.45) is 46.8 Å². The number of unbranched alkanes of at least 4 members (excludes halogenated alkanes) is 1. The standard InChI is InChI=1S/C25H44/c1-18(2)8-4-6-10-20-13-15-24-23-14-12-19-9-5-7-11-21(19)22(23)16-17-25(20,24)3/h18-24H,4-17H2,1-3H3. The summed E-state index contributed by atoms with van der Waals surface area (Å²) in [5, 5.41) is 0. The smallest absolute Gasteiger partial charge is 0.0266 e. The summed E-state index contributed by atoms with van der Waals surface area (Å²) in [7, 11) is 0. The third-order valence-corrected chi connectivity index (χ3v) is 9.66. The van der Waals surface area contributed by atoms with Gasteiger partial charge in [-0.2, -0.15) is 0 Å². The van der Waals surface area contributed by atoms with E-state index in [1.54, 1.807) is 64.2 Å². The monoisotopic (exact) mass is 344 g/mol. The number of rotatable bonds is 5. The lowest BCUT2D eigenvalue weighted by Gasteiger charge is -2.56. The van der Waals surface area contributed by atoms with Gasteiger partial charge in [0.1, 0.15) is 0 Å². The summed E-state index contributed by atoms with van der Waals surface area (Å²) in [4.78, 5) is 0. The molecule has 0 spiro atoms. The van der Waals surface area contributed by atoms with Crippen LogP contribution in [-0.2, 0) is 0 Å². The first-order chi connectivity index (χ1) is 12.1. The van der Waals surface area contributed by atoms with Crippen LogP contribution in [0.15, 0.2) is 0 Å². The molecule has 25 heavy (non-hydrogen) atoms. The Morgan fingerprint density at radius 1 is 0.800 bits per heavy atom. The van der Waals surface area contributed by atoms with E-state index in [0.717, 1.165) is 46.8 Å². The van der Waals surface area contributed by atoms with Crippen molar-refractivity contribution in [1.82, 2.24) is 0 Å². The molecule has 144 valence electrons. The summed E-state index contributed by atoms with van der Waals surface area (Å²) in [6.45, 7) is 7.51. The first kappa shape index (κ1) is 18.4. The van der Waals surface area contributed by atoms with Crippen molar-refractivity contribution in [2.75, 3.05) is 0 Å². The van der Waals surface area contributed by atoms with Crippen molar-refractivity contribution in [3.05, 3.63) is 0 Å². The highest BCUT2D eigenvalue weighted by atomic mass is 14.6. The first-order valence-electron chi connectivity index (χ1n) is 12.1. The summed E-state index contributed by atoms with van der Waals surface area (Å²) in [5.41, 5.74) is 0.723. The lowest BCUT2D eigenvalue weighted by Crippen LogP contribution is -2.48. The van der Waals surface area contributed by atoms with Crippen LogP contribution in [0.25, 0.3) is 0 Å². The average Bonchev–Trinajstić information content (AvgIpc) is 2.95. The molecule has 7 unspecified atom stereocenters. The Bertz CT molecular complexity index is 437. The van der Waals surface area contributed by atoms with Crippen LogP contribution in [0.1, 0.15) is 111 Å². The summed E-state index contributed by atoms with van der Waals surface area (Å²) in [6.07, 6.45) is 21.8. The average molecular weight is 345 g/mol. The van der Waals surface area contributed by atoms with Crippen molar-refractivity contribution < 1.29 is 0 Å². The van der Waals surface area contributed by atoms with E-state index in [1.807, 2.05) is 0 Å². The molecule has 7 atom stereocenters. The maximum absolute atomic E-state index is 2.74. The lowest BCUT2D eigenvalue weighted by molar-refractivity contribution is -0.0630. The zero-order valence-electron chi connectivity index (χ0n) is 17.4. The molecule has 4 aliphatic carbocycles. The lowest BCUT2D eigenvalue weighted by atomic mass is 9.49. The van der Waals surface area contributed by atoms with E-state index in [1.165, 1.54) is 25.7 Å². The van der Waals surface area contributed by atoms with E-state index < -0.39 is 0 Å². The van der Waals surface area contributed by atoms with Crippen LogP contribution < -0.4 is 0 Å². The van der Waals surface area contributed by atoms with E-state index in [9.17, 15) is 0 Å². The molecule has 0 aliphatic heterocycles. The second-order valence-corrected chi connectivity index (χ2v) is 11.2. The van der Waals surface area contributed by atoms with Crippen LogP contribution in [0.5, 0.6) is 0 Å². The van der Waals surface area contributed by atoms with E-state index in [0.29, 0.717) is 0 Å². The van der Waals surface area contributed by atoms with E-state index in [4.69, 9.17) is 0 Å². The zero-order valence-corrected chi connectivity index (χ0v) is 17.4. The quantitative estimate of drug-likeness (QED) is 0.445. The van der Waals surface area contributed by atoms with Crippen molar-refractivity contribution in [3.63, 3.8) is 0 Å². The molecule has 0 nitrogen and oxygen atoms in total. The minimum absolute atomic E-state index is 0.723. The van der Waals surface area contributed by atoms with Crippen LogP contribution in [-0.4, -0.2) is 0 Å². The Labute approximate surface area is 157 Å². The normalized spacial score (nSPS) is 46.6. The van der Waals surface area contributed by atoms with Crippen LogP contribution in [0.2, 0.25) is 0 Å². The third-order valence-electron chi connectivity index (χ3n) is 9.66. The molecule has 0 heteroatoms. The van der Waals surface area contributed by atoms with Gasteiger partial charge in [-0.05, 0) is 98.2 Å². The van der Waals surface area contributed by atoms with E-state index in [2.05, 4.69) is 20.8 Å². The molecule has 0 saturated heterocycles. The molecule has 0 heterocycles. The van der Waals surface area contributed by atoms with Crippen LogP contribution >= 0.6 is 0 Å². The second kappa shape index (κ2) is 7.55. The van der Waals surface area contributed by atoms with Gasteiger partial charge in [-0.3, -0.25) is 0 Å². The highest BCUT2D eigenvalue weighted by Gasteiger charge is 2.56. The number of fused-ring (bicyclic) bond motifs is 5. The molecule has 4 rings (SSSR count). The van der Waals surface area contributed by atoms with Gasteiger partial charge < -0.3 is 0 Å². The molecule has 0 amide bonds. The SMILES string of the molecule is CC(C)CCCCC1CCC2C3CCC4CCCCC4C3CCC12C. The van der Waals surface area contributed by atoms with Gasteiger partial charge in [-0.1, -0.05) is 59.3 Å². The van der Waals surface area contributed by atoms with Gasteiger partial charge in [-0.25, -0.2) is 0 Å². The minimum atomic E-state index is 0.723. The minimum Gasteiger partial charge on any atom is -0.0628 e. The Balaban J connectivity index is 1.39. The largest absolute Gasteiger partial charge is 0.0628 e. The molecule has 0 radical (unpaired) electrons. The van der Waals surface area contributed by atoms with Gasteiger partial charge in [0, 0.05) is 0 Å². The van der Waals surface area contributed by atoms with Crippen LogP contribution in [0.3, 0.4) is 0 Å². The molecule has 0 bridgehead atoms. The van der Waals surface area contributed by atoms with Crippen molar-refractivity contribution >= 4 is 0 Å². The summed E-state index contributed by atoms with van der Waals surface area (Å²) >= 11 is 0. The third kappa shape index (κ3) is 3.45. The van der Waals surface area contributed by atoms with Gasteiger partial charge in [0.15, 0.2) is 0 Å². The van der Waals surface area contributed by atoms with Gasteiger partial charge >= 0.3 is 0 Å². The zero-order chi connectivity index (χ0) is 17.4. The van der Waals surface area contributed by atoms with Gasteiger partial charge in [0.2, 0.25) is 0 Å². The van der Waals surface area contributed by atoms with Crippen molar-refractivity contribution in [2.45, 2.75) is 111 Å². The van der Waals surface area contributed by atoms with Gasteiger partial charge in [0.05, 0.1) is 0 Å². The van der Waals surface area contributed by atoms with Crippen molar-refractivity contribution in [1.29, 1.82) is 0 Å². The van der Waals surface area contributed by atoms with Crippen LogP contribution in [0, 0.1) is 46.8 Å². The molecule has 4 fully saturated rings. The van der Waals surface area contributed by atoms with Gasteiger partial charge in [-0.15, -0.1) is 0 Å². The molecular formula is C25H44. The Morgan fingerprint density at radius 2 is 1.64 bits per heavy atom. The Kier molecular flexibility index (Phi) is 5.55. The maximum Gasteiger partial charge on any atom is -0.0266 e. The molecule has 4 aliphatic rings. The first-order valence-corrected chi connectivity index (χ1v) is 12.1. The Hall–Kier alpha value is 0. The summed E-state index contributed by atoms with van der Waals surface area (Å²) in [5.74, 6) is 7.59. The predicted octanol–water partition coefficient (Wildman–Crippen LogP) is 7.86. The van der Waals surface area contributed by atoms with E-state index >= 15 is 0 Å². The van der Waals surface area contributed by atoms with E-state index in [-0.39, 0.29) is 0 Å². The topological polar surface area (TPSA) is 0 Å².